The van der Waals surface area contributed by atoms with Gasteiger partial charge in [0.15, 0.2) is 0 Å². The van der Waals surface area contributed by atoms with Gasteiger partial charge in [-0.3, -0.25) is 4.79 Å². The maximum absolute atomic E-state index is 13.0. The summed E-state index contributed by atoms with van der Waals surface area (Å²) in [5.41, 5.74) is 2.13. The molecular weight excluding hydrogens is 368 g/mol. The number of aryl methyl sites for hydroxylation is 1. The van der Waals surface area contributed by atoms with Gasteiger partial charge in [0.1, 0.15) is 5.76 Å². The molecule has 2 heterocycles. The molecular formula is C23H18N2O4. The summed E-state index contributed by atoms with van der Waals surface area (Å²) in [5.74, 6) is 0.182. The first-order valence-corrected chi connectivity index (χ1v) is 9.11. The zero-order chi connectivity index (χ0) is 20.2. The lowest BCUT2D eigenvalue weighted by molar-refractivity contribution is -0.111. The van der Waals surface area contributed by atoms with Crippen molar-refractivity contribution in [3.05, 3.63) is 100 Å². The molecule has 0 aliphatic carbocycles. The quantitative estimate of drug-likeness (QED) is 0.515. The van der Waals surface area contributed by atoms with Gasteiger partial charge in [-0.05, 0) is 49.2 Å². The van der Waals surface area contributed by atoms with E-state index in [9.17, 15) is 9.59 Å². The Bertz CT molecular complexity index is 1240. The van der Waals surface area contributed by atoms with E-state index in [1.807, 2.05) is 36.4 Å². The van der Waals surface area contributed by atoms with Crippen molar-refractivity contribution < 1.29 is 13.7 Å². The Hall–Kier alpha value is -3.93. The number of hydrogen-bond acceptors (Lipinski definition) is 5. The van der Waals surface area contributed by atoms with Crippen molar-refractivity contribution in [3.63, 3.8) is 0 Å². The molecule has 2 aromatic carbocycles. The van der Waals surface area contributed by atoms with Crippen molar-refractivity contribution in [1.29, 1.82) is 0 Å². The highest BCUT2D eigenvalue weighted by atomic mass is 16.5. The van der Waals surface area contributed by atoms with Crippen LogP contribution < -0.4 is 10.9 Å². The number of carbonyl (C=O) groups excluding carboxylic acids is 1. The van der Waals surface area contributed by atoms with Gasteiger partial charge in [-0.15, -0.1) is 0 Å². The van der Waals surface area contributed by atoms with Gasteiger partial charge in [0.25, 0.3) is 5.91 Å². The standard InChI is InChI=1S/C23H18N2O4/c1-15-20-14-17(10-12-18(20)23(27)29-25-15)24-22(26)19(21-8-5-13-28-21)11-9-16-6-3-2-4-7-16/h2-8,10-14H,9H2,1H3,(H,24,26)/b19-11-. The minimum Gasteiger partial charge on any atom is -0.464 e. The SMILES string of the molecule is Cc1noc(=O)c2ccc(NC(=O)/C(=C\Cc3ccccc3)c3ccco3)cc12. The summed E-state index contributed by atoms with van der Waals surface area (Å²) in [6.07, 6.45) is 3.96. The molecule has 6 heteroatoms. The molecule has 0 unspecified atom stereocenters. The number of benzene rings is 2. The number of fused-ring (bicyclic) bond motifs is 1. The number of carbonyl (C=O) groups is 1. The number of nitrogens with zero attached hydrogens (tertiary/aromatic N) is 1. The molecule has 0 saturated carbocycles. The Morgan fingerprint density at radius 3 is 2.66 bits per heavy atom. The largest absolute Gasteiger partial charge is 0.464 e. The van der Waals surface area contributed by atoms with E-state index in [4.69, 9.17) is 8.94 Å². The van der Waals surface area contributed by atoms with Crippen molar-refractivity contribution in [3.8, 4) is 0 Å². The van der Waals surface area contributed by atoms with E-state index in [0.29, 0.717) is 39.9 Å². The van der Waals surface area contributed by atoms with E-state index in [-0.39, 0.29) is 5.91 Å². The topological polar surface area (TPSA) is 85.3 Å². The summed E-state index contributed by atoms with van der Waals surface area (Å²) in [5, 5.41) is 7.67. The van der Waals surface area contributed by atoms with Crippen LogP contribution >= 0.6 is 0 Å². The molecule has 1 amide bonds. The van der Waals surface area contributed by atoms with Gasteiger partial charge < -0.3 is 14.3 Å². The molecule has 0 saturated heterocycles. The average Bonchev–Trinajstić information content (AvgIpc) is 3.26. The van der Waals surface area contributed by atoms with Crippen LogP contribution in [0.3, 0.4) is 0 Å². The fraction of sp³-hybridized carbons (Fsp3) is 0.0870. The molecule has 0 bridgehead atoms. The van der Waals surface area contributed by atoms with Crippen LogP contribution in [0.2, 0.25) is 0 Å². The fourth-order valence-corrected chi connectivity index (χ4v) is 3.08. The van der Waals surface area contributed by atoms with E-state index < -0.39 is 5.63 Å². The van der Waals surface area contributed by atoms with Gasteiger partial charge in [-0.2, -0.15) is 0 Å². The van der Waals surface area contributed by atoms with Crippen molar-refractivity contribution in [2.45, 2.75) is 13.3 Å². The first-order chi connectivity index (χ1) is 14.1. The number of amides is 1. The Balaban J connectivity index is 1.64. The monoisotopic (exact) mass is 386 g/mol. The lowest BCUT2D eigenvalue weighted by Gasteiger charge is -2.09. The molecule has 144 valence electrons. The number of rotatable bonds is 5. The van der Waals surface area contributed by atoms with Crippen LogP contribution in [0.5, 0.6) is 0 Å². The Labute approximate surface area is 166 Å². The predicted molar refractivity (Wildman–Crippen MR) is 110 cm³/mol. The predicted octanol–water partition coefficient (Wildman–Crippen LogP) is 4.35. The molecule has 6 nitrogen and oxygen atoms in total. The molecule has 0 atom stereocenters. The Morgan fingerprint density at radius 2 is 1.90 bits per heavy atom. The smallest absolute Gasteiger partial charge is 0.366 e. The van der Waals surface area contributed by atoms with Gasteiger partial charge in [0.2, 0.25) is 0 Å². The lowest BCUT2D eigenvalue weighted by atomic mass is 10.1. The number of anilines is 1. The normalized spacial score (nSPS) is 11.6. The maximum Gasteiger partial charge on any atom is 0.366 e. The highest BCUT2D eigenvalue weighted by molar-refractivity contribution is 6.24. The lowest BCUT2D eigenvalue weighted by Crippen LogP contribution is -2.14. The second-order valence-electron chi connectivity index (χ2n) is 6.55. The van der Waals surface area contributed by atoms with Gasteiger partial charge in [-0.25, -0.2) is 4.79 Å². The van der Waals surface area contributed by atoms with E-state index in [1.165, 1.54) is 6.26 Å². The summed E-state index contributed by atoms with van der Waals surface area (Å²) in [6.45, 7) is 1.74. The second-order valence-corrected chi connectivity index (χ2v) is 6.55. The number of nitrogens with one attached hydrogen (secondary N) is 1. The van der Waals surface area contributed by atoms with Gasteiger partial charge in [-0.1, -0.05) is 41.6 Å². The van der Waals surface area contributed by atoms with Crippen LogP contribution in [0, 0.1) is 6.92 Å². The first kappa shape index (κ1) is 18.4. The van der Waals surface area contributed by atoms with Crippen LogP contribution in [0.15, 0.2) is 86.7 Å². The summed E-state index contributed by atoms with van der Waals surface area (Å²) in [7, 11) is 0. The minimum absolute atomic E-state index is 0.302. The van der Waals surface area contributed by atoms with Gasteiger partial charge in [0, 0.05) is 11.1 Å². The molecule has 29 heavy (non-hydrogen) atoms. The molecule has 2 aromatic heterocycles. The Kier molecular flexibility index (Phi) is 5.07. The van der Waals surface area contributed by atoms with Crippen LogP contribution in [-0.2, 0) is 11.2 Å². The molecule has 0 spiro atoms. The Morgan fingerprint density at radius 1 is 1.07 bits per heavy atom. The fourth-order valence-electron chi connectivity index (χ4n) is 3.08. The minimum atomic E-state index is -0.512. The number of aromatic nitrogens is 1. The molecule has 4 aromatic rings. The molecule has 0 aliphatic rings. The van der Waals surface area contributed by atoms with Crippen molar-refractivity contribution in [1.82, 2.24) is 5.16 Å². The molecule has 0 fully saturated rings. The van der Waals surface area contributed by atoms with Crippen molar-refractivity contribution in [2.24, 2.45) is 0 Å². The zero-order valence-corrected chi connectivity index (χ0v) is 15.7. The first-order valence-electron chi connectivity index (χ1n) is 9.11. The third-order valence-corrected chi connectivity index (χ3v) is 4.57. The average molecular weight is 386 g/mol. The molecule has 0 aliphatic heterocycles. The number of allylic oxidation sites excluding steroid dienone is 1. The highest BCUT2D eigenvalue weighted by Crippen LogP contribution is 2.22. The highest BCUT2D eigenvalue weighted by Gasteiger charge is 2.16. The van der Waals surface area contributed by atoms with Crippen LogP contribution in [0.1, 0.15) is 17.0 Å². The summed E-state index contributed by atoms with van der Waals surface area (Å²) >= 11 is 0. The summed E-state index contributed by atoms with van der Waals surface area (Å²) in [6, 6.07) is 18.3. The summed E-state index contributed by atoms with van der Waals surface area (Å²) in [4.78, 5) is 24.8. The van der Waals surface area contributed by atoms with E-state index in [0.717, 1.165) is 5.56 Å². The third kappa shape index (κ3) is 4.01. The van der Waals surface area contributed by atoms with Crippen molar-refractivity contribution in [2.75, 3.05) is 5.32 Å². The van der Waals surface area contributed by atoms with Crippen LogP contribution in [0.4, 0.5) is 5.69 Å². The van der Waals surface area contributed by atoms with E-state index in [1.54, 1.807) is 37.3 Å². The number of furan rings is 1. The van der Waals surface area contributed by atoms with Crippen LogP contribution in [0.25, 0.3) is 16.3 Å². The number of hydrogen-bond donors (Lipinski definition) is 1. The molecule has 4 rings (SSSR count). The third-order valence-electron chi connectivity index (χ3n) is 4.57. The molecule has 0 radical (unpaired) electrons. The van der Waals surface area contributed by atoms with Gasteiger partial charge in [0.05, 0.1) is 22.9 Å². The molecule has 1 N–H and O–H groups in total. The maximum atomic E-state index is 13.0. The van der Waals surface area contributed by atoms with E-state index in [2.05, 4.69) is 10.5 Å². The second kappa shape index (κ2) is 7.98. The van der Waals surface area contributed by atoms with Crippen molar-refractivity contribution >= 4 is 27.9 Å². The van der Waals surface area contributed by atoms with Gasteiger partial charge >= 0.3 is 5.63 Å². The summed E-state index contributed by atoms with van der Waals surface area (Å²) < 4.78 is 10.2. The van der Waals surface area contributed by atoms with E-state index >= 15 is 0 Å². The van der Waals surface area contributed by atoms with Crippen LogP contribution in [-0.4, -0.2) is 11.1 Å². The zero-order valence-electron chi connectivity index (χ0n) is 15.7.